The number of fused-ring (bicyclic) bond motifs is 1. The minimum atomic E-state index is -0.0138. The Kier molecular flexibility index (Phi) is 2.80. The van der Waals surface area contributed by atoms with Crippen molar-refractivity contribution in [1.29, 1.82) is 0 Å². The maximum Gasteiger partial charge on any atom is 0.0365 e. The number of rotatable bonds is 2. The molecule has 3 atom stereocenters. The van der Waals surface area contributed by atoms with Crippen LogP contribution in [0.25, 0.3) is 0 Å². The minimum absolute atomic E-state index is 0.0138. The van der Waals surface area contributed by atoms with Crippen LogP contribution in [-0.4, -0.2) is 23.5 Å². The maximum atomic E-state index is 6.56. The molecule has 0 spiro atoms. The summed E-state index contributed by atoms with van der Waals surface area (Å²) in [6.45, 7) is 8.52. The third-order valence-electron chi connectivity index (χ3n) is 4.71. The lowest BCUT2D eigenvalue weighted by Gasteiger charge is -2.27. The van der Waals surface area contributed by atoms with Gasteiger partial charge in [0, 0.05) is 24.7 Å². The Bertz CT molecular complexity index is 453. The molecule has 1 aromatic rings. The van der Waals surface area contributed by atoms with Gasteiger partial charge in [0.15, 0.2) is 0 Å². The molecule has 2 N–H and O–H groups in total. The van der Waals surface area contributed by atoms with Crippen molar-refractivity contribution in [2.75, 3.05) is 13.1 Å². The van der Waals surface area contributed by atoms with Gasteiger partial charge in [-0.1, -0.05) is 42.5 Å². The molecule has 1 aliphatic carbocycles. The molecule has 2 heteroatoms. The number of nitrogens with two attached hydrogens (primary N) is 1. The maximum absolute atomic E-state index is 6.56. The van der Waals surface area contributed by atoms with E-state index in [1.807, 2.05) is 0 Å². The Balaban J connectivity index is 1.76. The van der Waals surface area contributed by atoms with Crippen molar-refractivity contribution in [2.45, 2.75) is 31.3 Å². The van der Waals surface area contributed by atoms with Crippen LogP contribution in [0.15, 0.2) is 42.5 Å². The molecule has 2 fully saturated rings. The molecule has 1 heterocycles. The molecule has 0 radical (unpaired) electrons. The second-order valence-electron chi connectivity index (χ2n) is 6.08. The summed E-state index contributed by atoms with van der Waals surface area (Å²) in [5.74, 6) is 0.608. The summed E-state index contributed by atoms with van der Waals surface area (Å²) >= 11 is 0. The number of hydrogen-bond acceptors (Lipinski definition) is 2. The fourth-order valence-corrected chi connectivity index (χ4v) is 3.63. The van der Waals surface area contributed by atoms with Crippen LogP contribution in [0.4, 0.5) is 0 Å². The van der Waals surface area contributed by atoms with Crippen LogP contribution in [-0.2, 0) is 0 Å². The van der Waals surface area contributed by atoms with Crippen molar-refractivity contribution < 1.29 is 0 Å². The van der Waals surface area contributed by atoms with Gasteiger partial charge in [-0.2, -0.15) is 0 Å². The third kappa shape index (κ3) is 1.90. The highest BCUT2D eigenvalue weighted by molar-refractivity contribution is 5.23. The molecule has 18 heavy (non-hydrogen) atoms. The molecular weight excluding hydrogens is 220 g/mol. The van der Waals surface area contributed by atoms with Crippen LogP contribution in [0.2, 0.25) is 0 Å². The smallest absolute Gasteiger partial charge is 0.0365 e. The molecule has 96 valence electrons. The number of nitrogens with zero attached hydrogens (tertiary/aromatic N) is 1. The zero-order valence-corrected chi connectivity index (χ0v) is 11.1. The Labute approximate surface area is 109 Å². The highest BCUT2D eigenvalue weighted by atomic mass is 15.2. The fourth-order valence-electron chi connectivity index (χ4n) is 3.63. The van der Waals surface area contributed by atoms with Gasteiger partial charge >= 0.3 is 0 Å². The van der Waals surface area contributed by atoms with Crippen molar-refractivity contribution in [3.63, 3.8) is 0 Å². The lowest BCUT2D eigenvalue weighted by Crippen LogP contribution is -2.44. The fraction of sp³-hybridized carbons (Fsp3) is 0.500. The van der Waals surface area contributed by atoms with Crippen molar-refractivity contribution in [2.24, 2.45) is 11.7 Å². The largest absolute Gasteiger partial charge is 0.323 e. The SMILES string of the molecule is C=C1C[C@@H]2CN(C(C)c3ccccc3)C[C@]2(N)C1. The molecule has 1 aromatic carbocycles. The van der Waals surface area contributed by atoms with Crippen molar-refractivity contribution in [3.8, 4) is 0 Å². The Hall–Kier alpha value is -1.12. The Morgan fingerprint density at radius 3 is 2.78 bits per heavy atom. The normalized spacial score (nSPS) is 33.7. The van der Waals surface area contributed by atoms with E-state index in [2.05, 4.69) is 48.7 Å². The molecule has 1 aliphatic heterocycles. The van der Waals surface area contributed by atoms with Gasteiger partial charge in [0.1, 0.15) is 0 Å². The van der Waals surface area contributed by atoms with E-state index in [4.69, 9.17) is 5.73 Å². The Morgan fingerprint density at radius 2 is 2.11 bits per heavy atom. The van der Waals surface area contributed by atoms with Crippen LogP contribution in [0.1, 0.15) is 31.4 Å². The Morgan fingerprint density at radius 1 is 1.39 bits per heavy atom. The summed E-state index contributed by atoms with van der Waals surface area (Å²) < 4.78 is 0. The molecule has 1 unspecified atom stereocenters. The van der Waals surface area contributed by atoms with E-state index in [1.165, 1.54) is 11.1 Å². The van der Waals surface area contributed by atoms with E-state index >= 15 is 0 Å². The van der Waals surface area contributed by atoms with Crippen LogP contribution in [0.5, 0.6) is 0 Å². The number of hydrogen-bond donors (Lipinski definition) is 1. The zero-order valence-electron chi connectivity index (χ0n) is 11.1. The minimum Gasteiger partial charge on any atom is -0.323 e. The molecule has 0 bridgehead atoms. The molecule has 1 saturated carbocycles. The molecule has 2 aliphatic rings. The van der Waals surface area contributed by atoms with Crippen LogP contribution in [0.3, 0.4) is 0 Å². The van der Waals surface area contributed by atoms with E-state index in [0.717, 1.165) is 25.9 Å². The van der Waals surface area contributed by atoms with Crippen LogP contribution >= 0.6 is 0 Å². The van der Waals surface area contributed by atoms with Crippen LogP contribution in [0, 0.1) is 5.92 Å². The first kappa shape index (κ1) is 11.9. The molecule has 3 rings (SSSR count). The molecule has 0 amide bonds. The standard InChI is InChI=1S/C16H22N2/c1-12-8-15-10-18(11-16(15,17)9-12)13(2)14-6-4-3-5-7-14/h3-7,13,15H,1,8-11,17H2,2H3/t13?,15-,16-/m1/s1. The summed E-state index contributed by atoms with van der Waals surface area (Å²) in [6.07, 6.45) is 2.13. The summed E-state index contributed by atoms with van der Waals surface area (Å²) in [4.78, 5) is 2.53. The van der Waals surface area contributed by atoms with Gasteiger partial charge in [0.05, 0.1) is 0 Å². The van der Waals surface area contributed by atoms with Gasteiger partial charge in [-0.15, -0.1) is 0 Å². The van der Waals surface area contributed by atoms with Crippen molar-refractivity contribution in [1.82, 2.24) is 4.90 Å². The van der Waals surface area contributed by atoms with Crippen molar-refractivity contribution in [3.05, 3.63) is 48.0 Å². The number of likely N-dealkylation sites (tertiary alicyclic amines) is 1. The molecule has 2 nitrogen and oxygen atoms in total. The summed E-state index contributed by atoms with van der Waals surface area (Å²) in [5, 5.41) is 0. The lowest BCUT2D eigenvalue weighted by molar-refractivity contribution is 0.241. The highest BCUT2D eigenvalue weighted by Crippen LogP contribution is 2.44. The lowest BCUT2D eigenvalue weighted by atomic mass is 9.92. The third-order valence-corrected chi connectivity index (χ3v) is 4.71. The molecular formula is C16H22N2. The second-order valence-corrected chi connectivity index (χ2v) is 6.08. The van der Waals surface area contributed by atoms with Gasteiger partial charge in [-0.25, -0.2) is 0 Å². The van der Waals surface area contributed by atoms with E-state index in [0.29, 0.717) is 12.0 Å². The van der Waals surface area contributed by atoms with Crippen LogP contribution < -0.4 is 5.73 Å². The number of benzene rings is 1. The van der Waals surface area contributed by atoms with E-state index in [9.17, 15) is 0 Å². The monoisotopic (exact) mass is 242 g/mol. The zero-order chi connectivity index (χ0) is 12.8. The van der Waals surface area contributed by atoms with E-state index in [-0.39, 0.29) is 5.54 Å². The predicted octanol–water partition coefficient (Wildman–Crippen LogP) is 2.73. The topological polar surface area (TPSA) is 29.3 Å². The van der Waals surface area contributed by atoms with Gasteiger partial charge in [0.2, 0.25) is 0 Å². The molecule has 1 saturated heterocycles. The van der Waals surface area contributed by atoms with E-state index < -0.39 is 0 Å². The second kappa shape index (κ2) is 4.22. The quantitative estimate of drug-likeness (QED) is 0.808. The first-order valence-corrected chi connectivity index (χ1v) is 6.83. The molecule has 0 aromatic heterocycles. The van der Waals surface area contributed by atoms with E-state index in [1.54, 1.807) is 0 Å². The average Bonchev–Trinajstić information content (AvgIpc) is 2.79. The predicted molar refractivity (Wildman–Crippen MR) is 75.2 cm³/mol. The van der Waals surface area contributed by atoms with Gasteiger partial charge in [-0.3, -0.25) is 4.90 Å². The van der Waals surface area contributed by atoms with Crippen molar-refractivity contribution >= 4 is 0 Å². The van der Waals surface area contributed by atoms with Gasteiger partial charge in [-0.05, 0) is 31.2 Å². The summed E-state index contributed by atoms with van der Waals surface area (Å²) in [7, 11) is 0. The highest BCUT2D eigenvalue weighted by Gasteiger charge is 2.48. The first-order valence-electron chi connectivity index (χ1n) is 6.83. The van der Waals surface area contributed by atoms with Gasteiger partial charge in [0.25, 0.3) is 0 Å². The first-order chi connectivity index (χ1) is 8.58. The summed E-state index contributed by atoms with van der Waals surface area (Å²) in [5.41, 5.74) is 9.28. The average molecular weight is 242 g/mol. The van der Waals surface area contributed by atoms with Gasteiger partial charge < -0.3 is 5.73 Å². The summed E-state index contributed by atoms with van der Waals surface area (Å²) in [6, 6.07) is 11.2.